The van der Waals surface area contributed by atoms with Gasteiger partial charge in [-0.2, -0.15) is 0 Å². The van der Waals surface area contributed by atoms with Gasteiger partial charge in [0.25, 0.3) is 0 Å². The number of carbonyl (C=O) groups excluding carboxylic acids is 1. The second-order valence-electron chi connectivity index (χ2n) is 4.99. The molecule has 1 rings (SSSR count). The smallest absolute Gasteiger partial charge is 0.330 e. The van der Waals surface area contributed by atoms with Gasteiger partial charge < -0.3 is 10.5 Å². The number of rotatable bonds is 4. The third-order valence-corrected chi connectivity index (χ3v) is 2.81. The molecule has 0 spiro atoms. The summed E-state index contributed by atoms with van der Waals surface area (Å²) in [7, 11) is 1.35. The Balaban J connectivity index is 2.90. The minimum atomic E-state index is -1.08. The molecule has 1 unspecified atom stereocenters. The number of methoxy groups -OCH3 is 1. The predicted octanol–water partition coefficient (Wildman–Crippen LogP) is 2.23. The summed E-state index contributed by atoms with van der Waals surface area (Å²) in [5.41, 5.74) is 6.92. The lowest BCUT2D eigenvalue weighted by atomic mass is 9.91. The molecule has 3 heteroatoms. The van der Waals surface area contributed by atoms with Crippen molar-refractivity contribution < 1.29 is 9.53 Å². The van der Waals surface area contributed by atoms with E-state index >= 15 is 0 Å². The molecule has 0 heterocycles. The number of hydrogen-bond donors (Lipinski definition) is 1. The summed E-state index contributed by atoms with van der Waals surface area (Å²) >= 11 is 0. The molecule has 0 radical (unpaired) electrons. The van der Waals surface area contributed by atoms with Crippen LogP contribution in [0.15, 0.2) is 24.3 Å². The van der Waals surface area contributed by atoms with E-state index in [-0.39, 0.29) is 0 Å². The minimum Gasteiger partial charge on any atom is -0.467 e. The molecule has 3 nitrogen and oxygen atoms in total. The highest BCUT2D eigenvalue weighted by atomic mass is 16.5. The molecule has 2 N–H and O–H groups in total. The fourth-order valence-corrected chi connectivity index (χ4v) is 1.79. The number of ether oxygens (including phenoxy) is 1. The SMILES string of the molecule is COC(=O)C(C)(N)c1ccc(CC(C)C)cc1. The average Bonchev–Trinajstić information content (AvgIpc) is 2.27. The van der Waals surface area contributed by atoms with Gasteiger partial charge in [-0.1, -0.05) is 38.1 Å². The van der Waals surface area contributed by atoms with Crippen molar-refractivity contribution in [1.82, 2.24) is 0 Å². The first-order chi connectivity index (χ1) is 7.87. The molecule has 0 aliphatic rings. The van der Waals surface area contributed by atoms with E-state index in [4.69, 9.17) is 10.5 Å². The Morgan fingerprint density at radius 2 is 1.88 bits per heavy atom. The Bertz CT molecular complexity index is 380. The van der Waals surface area contributed by atoms with Crippen LogP contribution in [0.4, 0.5) is 0 Å². The summed E-state index contributed by atoms with van der Waals surface area (Å²) in [5, 5.41) is 0. The van der Waals surface area contributed by atoms with E-state index in [2.05, 4.69) is 13.8 Å². The van der Waals surface area contributed by atoms with E-state index in [9.17, 15) is 4.79 Å². The highest BCUT2D eigenvalue weighted by Gasteiger charge is 2.31. The first-order valence-corrected chi connectivity index (χ1v) is 5.84. The molecule has 17 heavy (non-hydrogen) atoms. The molecular weight excluding hydrogens is 214 g/mol. The van der Waals surface area contributed by atoms with Crippen molar-refractivity contribution in [2.75, 3.05) is 7.11 Å². The van der Waals surface area contributed by atoms with Crippen LogP contribution in [-0.2, 0) is 21.5 Å². The molecule has 0 amide bonds. The summed E-state index contributed by atoms with van der Waals surface area (Å²) in [6.07, 6.45) is 1.03. The highest BCUT2D eigenvalue weighted by Crippen LogP contribution is 2.20. The van der Waals surface area contributed by atoms with Crippen LogP contribution < -0.4 is 5.73 Å². The van der Waals surface area contributed by atoms with E-state index in [1.165, 1.54) is 12.7 Å². The van der Waals surface area contributed by atoms with Crippen LogP contribution in [-0.4, -0.2) is 13.1 Å². The monoisotopic (exact) mass is 235 g/mol. The number of benzene rings is 1. The van der Waals surface area contributed by atoms with Gasteiger partial charge in [0, 0.05) is 0 Å². The van der Waals surface area contributed by atoms with Gasteiger partial charge in [-0.15, -0.1) is 0 Å². The Morgan fingerprint density at radius 3 is 2.29 bits per heavy atom. The van der Waals surface area contributed by atoms with Crippen molar-refractivity contribution in [3.63, 3.8) is 0 Å². The van der Waals surface area contributed by atoms with Crippen molar-refractivity contribution in [2.24, 2.45) is 11.7 Å². The van der Waals surface area contributed by atoms with Gasteiger partial charge in [0.05, 0.1) is 7.11 Å². The minimum absolute atomic E-state index is 0.422. The summed E-state index contributed by atoms with van der Waals surface area (Å²) in [4.78, 5) is 11.5. The quantitative estimate of drug-likeness (QED) is 0.814. The molecule has 94 valence electrons. The number of esters is 1. The zero-order chi connectivity index (χ0) is 13.1. The maximum Gasteiger partial charge on any atom is 0.330 e. The van der Waals surface area contributed by atoms with Gasteiger partial charge in [0.2, 0.25) is 0 Å². The van der Waals surface area contributed by atoms with Crippen LogP contribution in [0.5, 0.6) is 0 Å². The highest BCUT2D eigenvalue weighted by molar-refractivity contribution is 5.81. The molecular formula is C14H21NO2. The first-order valence-electron chi connectivity index (χ1n) is 5.84. The van der Waals surface area contributed by atoms with E-state index in [1.54, 1.807) is 6.92 Å². The maximum atomic E-state index is 11.5. The summed E-state index contributed by atoms with van der Waals surface area (Å²) < 4.78 is 4.70. The topological polar surface area (TPSA) is 52.3 Å². The number of nitrogens with two attached hydrogens (primary N) is 1. The molecule has 1 aromatic rings. The molecule has 1 atom stereocenters. The van der Waals surface area contributed by atoms with Gasteiger partial charge in [0.15, 0.2) is 0 Å². The zero-order valence-corrected chi connectivity index (χ0v) is 11.0. The fraction of sp³-hybridized carbons (Fsp3) is 0.500. The van der Waals surface area contributed by atoms with E-state index in [0.29, 0.717) is 5.92 Å². The maximum absolute atomic E-state index is 11.5. The Labute approximate surface area is 103 Å². The Hall–Kier alpha value is -1.35. The Kier molecular flexibility index (Phi) is 4.29. The van der Waals surface area contributed by atoms with Gasteiger partial charge in [-0.3, -0.25) is 0 Å². The van der Waals surface area contributed by atoms with Gasteiger partial charge in [-0.25, -0.2) is 4.79 Å². The summed E-state index contributed by atoms with van der Waals surface area (Å²) in [6.45, 7) is 6.01. The normalized spacial score (nSPS) is 14.5. The lowest BCUT2D eigenvalue weighted by molar-refractivity contribution is -0.146. The summed E-state index contributed by atoms with van der Waals surface area (Å²) in [5.74, 6) is 0.194. The standard InChI is InChI=1S/C14H21NO2/c1-10(2)9-11-5-7-12(8-6-11)14(3,15)13(16)17-4/h5-8,10H,9,15H2,1-4H3. The second-order valence-corrected chi connectivity index (χ2v) is 4.99. The molecule has 1 aromatic carbocycles. The molecule has 0 aliphatic heterocycles. The van der Waals surface area contributed by atoms with Crippen molar-refractivity contribution >= 4 is 5.97 Å². The van der Waals surface area contributed by atoms with Gasteiger partial charge in [0.1, 0.15) is 5.54 Å². The molecule has 0 aliphatic carbocycles. The summed E-state index contributed by atoms with van der Waals surface area (Å²) in [6, 6.07) is 7.83. The molecule has 0 saturated carbocycles. The van der Waals surface area contributed by atoms with Gasteiger partial charge >= 0.3 is 5.97 Å². The predicted molar refractivity (Wildman–Crippen MR) is 68.5 cm³/mol. The zero-order valence-electron chi connectivity index (χ0n) is 11.0. The van der Waals surface area contributed by atoms with E-state index < -0.39 is 11.5 Å². The van der Waals surface area contributed by atoms with Gasteiger partial charge in [-0.05, 0) is 30.4 Å². The van der Waals surface area contributed by atoms with Crippen LogP contribution >= 0.6 is 0 Å². The van der Waals surface area contributed by atoms with Crippen LogP contribution in [0.2, 0.25) is 0 Å². The lowest BCUT2D eigenvalue weighted by Crippen LogP contribution is -2.42. The fourth-order valence-electron chi connectivity index (χ4n) is 1.79. The molecule has 0 aromatic heterocycles. The molecule has 0 bridgehead atoms. The van der Waals surface area contributed by atoms with Crippen molar-refractivity contribution in [1.29, 1.82) is 0 Å². The van der Waals surface area contributed by atoms with Crippen molar-refractivity contribution in [2.45, 2.75) is 32.7 Å². The second kappa shape index (κ2) is 5.32. The van der Waals surface area contributed by atoms with Crippen LogP contribution in [0.3, 0.4) is 0 Å². The molecule has 0 fully saturated rings. The third-order valence-electron chi connectivity index (χ3n) is 2.81. The van der Waals surface area contributed by atoms with Crippen molar-refractivity contribution in [3.05, 3.63) is 35.4 Å². The lowest BCUT2D eigenvalue weighted by Gasteiger charge is -2.22. The van der Waals surface area contributed by atoms with Crippen molar-refractivity contribution in [3.8, 4) is 0 Å². The van der Waals surface area contributed by atoms with Crippen LogP contribution in [0, 0.1) is 5.92 Å². The largest absolute Gasteiger partial charge is 0.467 e. The molecule has 0 saturated heterocycles. The van der Waals surface area contributed by atoms with E-state index in [0.717, 1.165) is 12.0 Å². The van der Waals surface area contributed by atoms with Crippen LogP contribution in [0.25, 0.3) is 0 Å². The first kappa shape index (κ1) is 13.7. The van der Waals surface area contributed by atoms with E-state index in [1.807, 2.05) is 24.3 Å². The Morgan fingerprint density at radius 1 is 1.35 bits per heavy atom. The number of hydrogen-bond acceptors (Lipinski definition) is 3. The number of carbonyl (C=O) groups is 1. The third kappa shape index (κ3) is 3.30. The average molecular weight is 235 g/mol. The van der Waals surface area contributed by atoms with Crippen LogP contribution in [0.1, 0.15) is 31.9 Å².